The van der Waals surface area contributed by atoms with Crippen LogP contribution in [0.25, 0.3) is 10.9 Å². The van der Waals surface area contributed by atoms with Crippen LogP contribution in [0.3, 0.4) is 0 Å². The maximum Gasteiger partial charge on any atom is 0.247 e. The second-order valence-electron chi connectivity index (χ2n) is 9.28. The first kappa shape index (κ1) is 23.5. The summed E-state index contributed by atoms with van der Waals surface area (Å²) in [4.78, 5) is 4.49. The molecule has 0 spiro atoms. The number of benzene rings is 1. The van der Waals surface area contributed by atoms with Crippen molar-refractivity contribution in [3.05, 3.63) is 84.0 Å². The summed E-state index contributed by atoms with van der Waals surface area (Å²) < 4.78 is 7.10. The number of pyridine rings is 2. The van der Waals surface area contributed by atoms with Gasteiger partial charge in [-0.1, -0.05) is 6.08 Å². The van der Waals surface area contributed by atoms with E-state index in [9.17, 15) is 10.3 Å². The quantitative estimate of drug-likeness (QED) is 0.248. The summed E-state index contributed by atoms with van der Waals surface area (Å²) in [6.07, 6.45) is 6.74. The number of nitrogens with zero attached hydrogens (tertiary/aromatic N) is 3. The standard InChI is InChI=1S/C26H30N3O3.ClH/c1-3-18-16-29(17-20-6-4-5-12-28(20)31)13-10-19(18)14-25(29)26(30)22-9-11-27-24-8-7-21(32-2)15-23(22)24;/h3-9,11-12,15,18-19,25-26,30H,1,10,13-14,16-17H2,2H3;1H/q+1;/p-1/t18-,19-,25+,26+,29?;/m0./s1. The number of rotatable bonds is 6. The molecule has 6 rings (SSSR count). The Balaban J connectivity index is 0.00000259. The van der Waals surface area contributed by atoms with Crippen LogP contribution in [0.15, 0.2) is 67.5 Å². The van der Waals surface area contributed by atoms with Gasteiger partial charge in [0.1, 0.15) is 17.9 Å². The molecular formula is C26H30ClN3O3. The molecule has 1 unspecified atom stereocenters. The minimum atomic E-state index is -0.662. The molecule has 3 saturated heterocycles. The second-order valence-corrected chi connectivity index (χ2v) is 9.28. The fraction of sp³-hybridized carbons (Fsp3) is 0.385. The lowest BCUT2D eigenvalue weighted by atomic mass is 9.71. The van der Waals surface area contributed by atoms with Crippen molar-refractivity contribution in [2.75, 3.05) is 20.2 Å². The first-order valence-corrected chi connectivity index (χ1v) is 11.3. The van der Waals surface area contributed by atoms with Crippen molar-refractivity contribution in [1.82, 2.24) is 4.98 Å². The van der Waals surface area contributed by atoms with Crippen LogP contribution in [-0.4, -0.2) is 40.8 Å². The Hall–Kier alpha value is -2.67. The van der Waals surface area contributed by atoms with E-state index in [2.05, 4.69) is 17.6 Å². The molecule has 0 aliphatic carbocycles. The van der Waals surface area contributed by atoms with Crippen LogP contribution in [0.5, 0.6) is 5.75 Å². The third kappa shape index (κ3) is 4.07. The lowest BCUT2D eigenvalue weighted by Crippen LogP contribution is -3.00. The van der Waals surface area contributed by atoms with Crippen molar-refractivity contribution >= 4 is 10.9 Å². The predicted octanol–water partition coefficient (Wildman–Crippen LogP) is 0.526. The number of aliphatic hydroxyl groups excluding tert-OH is 1. The molecule has 1 aromatic carbocycles. The van der Waals surface area contributed by atoms with E-state index in [1.165, 1.54) is 0 Å². The van der Waals surface area contributed by atoms with Gasteiger partial charge in [-0.25, -0.2) is 0 Å². The third-order valence-electron chi connectivity index (χ3n) is 7.72. The molecule has 33 heavy (non-hydrogen) atoms. The Labute approximate surface area is 200 Å². The molecule has 0 amide bonds. The Morgan fingerprint density at radius 2 is 2.18 bits per heavy atom. The van der Waals surface area contributed by atoms with E-state index >= 15 is 0 Å². The van der Waals surface area contributed by atoms with E-state index in [1.807, 2.05) is 36.4 Å². The van der Waals surface area contributed by atoms with Gasteiger partial charge in [0.2, 0.25) is 5.69 Å². The fourth-order valence-electron chi connectivity index (χ4n) is 6.03. The molecule has 5 heterocycles. The molecule has 7 heteroatoms. The van der Waals surface area contributed by atoms with Gasteiger partial charge in [0.15, 0.2) is 12.7 Å². The summed E-state index contributed by atoms with van der Waals surface area (Å²) in [5.74, 6) is 1.67. The van der Waals surface area contributed by atoms with E-state index in [0.29, 0.717) is 22.9 Å². The van der Waals surface area contributed by atoms with Gasteiger partial charge in [-0.3, -0.25) is 4.98 Å². The highest BCUT2D eigenvalue weighted by Crippen LogP contribution is 2.47. The molecule has 3 aliphatic rings. The van der Waals surface area contributed by atoms with Crippen LogP contribution in [0.1, 0.15) is 30.2 Å². The number of fused-ring (bicyclic) bond motifs is 4. The van der Waals surface area contributed by atoms with Crippen LogP contribution < -0.4 is 21.9 Å². The Bertz CT molecular complexity index is 1160. The molecule has 6 nitrogen and oxygen atoms in total. The van der Waals surface area contributed by atoms with Gasteiger partial charge in [0.25, 0.3) is 0 Å². The van der Waals surface area contributed by atoms with Gasteiger partial charge >= 0.3 is 0 Å². The van der Waals surface area contributed by atoms with Gasteiger partial charge in [0, 0.05) is 42.5 Å². The van der Waals surface area contributed by atoms with E-state index in [0.717, 1.165) is 58.6 Å². The van der Waals surface area contributed by atoms with Gasteiger partial charge < -0.3 is 31.9 Å². The number of hydrogen-bond acceptors (Lipinski definition) is 4. The Morgan fingerprint density at radius 3 is 2.94 bits per heavy atom. The summed E-state index contributed by atoms with van der Waals surface area (Å²) in [5, 5.41) is 25.2. The monoisotopic (exact) mass is 467 g/mol. The average Bonchev–Trinajstić information content (AvgIpc) is 2.84. The zero-order valence-electron chi connectivity index (χ0n) is 18.8. The lowest BCUT2D eigenvalue weighted by Gasteiger charge is -2.57. The van der Waals surface area contributed by atoms with Crippen molar-refractivity contribution in [3.63, 3.8) is 0 Å². The molecule has 5 atom stereocenters. The minimum Gasteiger partial charge on any atom is -1.00 e. The Kier molecular flexibility index (Phi) is 6.61. The van der Waals surface area contributed by atoms with Crippen molar-refractivity contribution < 1.29 is 31.5 Å². The number of ether oxygens (including phenoxy) is 1. The van der Waals surface area contributed by atoms with Crippen LogP contribution in [-0.2, 0) is 6.54 Å². The van der Waals surface area contributed by atoms with Crippen molar-refractivity contribution in [3.8, 4) is 5.75 Å². The maximum absolute atomic E-state index is 12.5. The lowest BCUT2D eigenvalue weighted by molar-refractivity contribution is -0.989. The molecule has 3 aromatic rings. The third-order valence-corrected chi connectivity index (χ3v) is 7.72. The van der Waals surface area contributed by atoms with Crippen LogP contribution in [0, 0.1) is 17.0 Å². The van der Waals surface area contributed by atoms with Crippen molar-refractivity contribution in [2.45, 2.75) is 31.5 Å². The smallest absolute Gasteiger partial charge is 0.247 e. The number of piperidine rings is 3. The minimum absolute atomic E-state index is 0. The second kappa shape index (κ2) is 9.29. The topological polar surface area (TPSA) is 69.3 Å². The van der Waals surface area contributed by atoms with Crippen LogP contribution >= 0.6 is 0 Å². The number of methoxy groups -OCH3 is 1. The SMILES string of the molecule is C=C[C@H]1C[N+]2(Cc3cccc[n+]3[O-])CC[C@H]1C[C@@H]2[C@H](O)c1ccnc2ccc(OC)cc12.[Cl-]. The highest BCUT2D eigenvalue weighted by molar-refractivity contribution is 5.83. The Morgan fingerprint density at radius 1 is 1.33 bits per heavy atom. The highest BCUT2D eigenvalue weighted by atomic mass is 35.5. The molecule has 174 valence electrons. The highest BCUT2D eigenvalue weighted by Gasteiger charge is 2.54. The summed E-state index contributed by atoms with van der Waals surface area (Å²) >= 11 is 0. The van der Waals surface area contributed by atoms with E-state index in [4.69, 9.17) is 4.74 Å². The number of aliphatic hydroxyl groups is 1. The van der Waals surface area contributed by atoms with Crippen LogP contribution in [0.4, 0.5) is 0 Å². The van der Waals surface area contributed by atoms with E-state index in [1.54, 1.807) is 25.6 Å². The normalized spacial score (nSPS) is 27.0. The maximum atomic E-state index is 12.5. The molecule has 2 bridgehead atoms. The molecule has 1 N–H and O–H groups in total. The summed E-state index contributed by atoms with van der Waals surface area (Å²) in [6, 6.07) is 13.3. The first-order valence-electron chi connectivity index (χ1n) is 11.3. The van der Waals surface area contributed by atoms with Gasteiger partial charge in [0.05, 0.1) is 25.7 Å². The molecule has 2 aromatic heterocycles. The van der Waals surface area contributed by atoms with E-state index < -0.39 is 6.10 Å². The zero-order valence-corrected chi connectivity index (χ0v) is 19.6. The van der Waals surface area contributed by atoms with Crippen molar-refractivity contribution in [2.24, 2.45) is 11.8 Å². The van der Waals surface area contributed by atoms with Crippen LogP contribution in [0.2, 0.25) is 0 Å². The summed E-state index contributed by atoms with van der Waals surface area (Å²) in [7, 11) is 1.65. The zero-order chi connectivity index (χ0) is 22.3. The number of halogens is 1. The van der Waals surface area contributed by atoms with Gasteiger partial charge in [-0.15, -0.1) is 6.58 Å². The van der Waals surface area contributed by atoms with Gasteiger partial charge in [-0.05, 0) is 41.8 Å². The molecular weight excluding hydrogens is 438 g/mol. The molecule has 3 fully saturated rings. The predicted molar refractivity (Wildman–Crippen MR) is 123 cm³/mol. The van der Waals surface area contributed by atoms with Gasteiger partial charge in [-0.2, -0.15) is 4.73 Å². The molecule has 0 radical (unpaired) electrons. The van der Waals surface area contributed by atoms with E-state index in [-0.39, 0.29) is 18.4 Å². The largest absolute Gasteiger partial charge is 1.00 e. The summed E-state index contributed by atoms with van der Waals surface area (Å²) in [6.45, 7) is 6.55. The van der Waals surface area contributed by atoms with Crippen molar-refractivity contribution in [1.29, 1.82) is 0 Å². The molecule has 0 saturated carbocycles. The summed E-state index contributed by atoms with van der Waals surface area (Å²) in [5.41, 5.74) is 2.46. The average molecular weight is 468 g/mol. The first-order chi connectivity index (χ1) is 15.5. The number of aromatic nitrogens is 2. The number of hydrogen-bond donors (Lipinski definition) is 1. The molecule has 3 aliphatic heterocycles. The number of quaternary nitrogens is 1. The fourth-order valence-corrected chi connectivity index (χ4v) is 6.03.